The van der Waals surface area contributed by atoms with E-state index in [-0.39, 0.29) is 11.9 Å². The highest BCUT2D eigenvalue weighted by Crippen LogP contribution is 2.20. The summed E-state index contributed by atoms with van der Waals surface area (Å²) in [5.41, 5.74) is 6.55. The lowest BCUT2D eigenvalue weighted by Gasteiger charge is -2.32. The lowest BCUT2D eigenvalue weighted by atomic mass is 10.2. The molecule has 2 rings (SSSR count). The van der Waals surface area contributed by atoms with E-state index in [0.29, 0.717) is 13.2 Å². The van der Waals surface area contributed by atoms with Crippen molar-refractivity contribution in [3.63, 3.8) is 0 Å². The van der Waals surface area contributed by atoms with Crippen LogP contribution in [0.25, 0.3) is 0 Å². The molecule has 1 atom stereocenters. The fourth-order valence-corrected chi connectivity index (χ4v) is 2.34. The van der Waals surface area contributed by atoms with Crippen molar-refractivity contribution in [2.45, 2.75) is 12.6 Å². The quantitative estimate of drug-likeness (QED) is 0.924. The van der Waals surface area contributed by atoms with E-state index in [1.54, 1.807) is 12.1 Å². The van der Waals surface area contributed by atoms with Crippen LogP contribution >= 0.6 is 15.9 Å². The number of rotatable bonds is 3. The molecule has 5 heteroatoms. The van der Waals surface area contributed by atoms with Crippen LogP contribution in [0.3, 0.4) is 0 Å². The molecule has 0 spiro atoms. The second-order valence-corrected chi connectivity index (χ2v) is 5.05. The summed E-state index contributed by atoms with van der Waals surface area (Å²) in [7, 11) is 0. The molecule has 0 amide bonds. The summed E-state index contributed by atoms with van der Waals surface area (Å²) < 4.78 is 19.6. The van der Waals surface area contributed by atoms with Gasteiger partial charge in [0.25, 0.3) is 0 Å². The standard InChI is InChI=1S/C12H16BrFN2O/c13-12-2-1-10(14)5-9(12)7-16-3-4-17-11(6-15)8-16/h1-2,5,11H,3-4,6-8,15H2. The number of hydrogen-bond donors (Lipinski definition) is 1. The second kappa shape index (κ2) is 5.91. The van der Waals surface area contributed by atoms with E-state index in [4.69, 9.17) is 10.5 Å². The summed E-state index contributed by atoms with van der Waals surface area (Å²) in [6.45, 7) is 3.60. The maximum absolute atomic E-state index is 13.2. The normalized spacial score (nSPS) is 21.7. The molecule has 1 saturated heterocycles. The Hall–Kier alpha value is -0.490. The summed E-state index contributed by atoms with van der Waals surface area (Å²) in [4.78, 5) is 2.24. The Morgan fingerprint density at radius 1 is 1.53 bits per heavy atom. The van der Waals surface area contributed by atoms with E-state index >= 15 is 0 Å². The van der Waals surface area contributed by atoms with Crippen LogP contribution in [-0.4, -0.2) is 37.2 Å². The zero-order valence-electron chi connectivity index (χ0n) is 9.53. The van der Waals surface area contributed by atoms with Gasteiger partial charge < -0.3 is 10.5 Å². The van der Waals surface area contributed by atoms with Crippen LogP contribution in [0.5, 0.6) is 0 Å². The van der Waals surface area contributed by atoms with Crippen molar-refractivity contribution in [2.75, 3.05) is 26.2 Å². The third-order valence-corrected chi connectivity index (χ3v) is 3.66. The molecule has 0 aliphatic carbocycles. The minimum absolute atomic E-state index is 0.0936. The molecule has 2 N–H and O–H groups in total. The SMILES string of the molecule is NCC1CN(Cc2cc(F)ccc2Br)CCO1. The number of hydrogen-bond acceptors (Lipinski definition) is 3. The lowest BCUT2D eigenvalue weighted by Crippen LogP contribution is -2.45. The molecule has 1 unspecified atom stereocenters. The zero-order chi connectivity index (χ0) is 12.3. The first-order valence-corrected chi connectivity index (χ1v) is 6.46. The largest absolute Gasteiger partial charge is 0.374 e. The van der Waals surface area contributed by atoms with E-state index in [1.807, 2.05) is 0 Å². The van der Waals surface area contributed by atoms with Gasteiger partial charge in [0.15, 0.2) is 0 Å². The molecule has 1 aliphatic heterocycles. The summed E-state index contributed by atoms with van der Waals surface area (Å²) in [5.74, 6) is -0.202. The van der Waals surface area contributed by atoms with Crippen molar-refractivity contribution in [1.29, 1.82) is 0 Å². The van der Waals surface area contributed by atoms with Crippen LogP contribution in [0.1, 0.15) is 5.56 Å². The van der Waals surface area contributed by atoms with Crippen LogP contribution in [0.15, 0.2) is 22.7 Å². The topological polar surface area (TPSA) is 38.5 Å². The molecule has 1 heterocycles. The summed E-state index contributed by atoms with van der Waals surface area (Å²) >= 11 is 3.44. The van der Waals surface area contributed by atoms with E-state index < -0.39 is 0 Å². The van der Waals surface area contributed by atoms with E-state index in [0.717, 1.165) is 29.7 Å². The van der Waals surface area contributed by atoms with Crippen molar-refractivity contribution in [3.05, 3.63) is 34.1 Å². The van der Waals surface area contributed by atoms with E-state index in [9.17, 15) is 4.39 Å². The predicted molar refractivity (Wildman–Crippen MR) is 68.2 cm³/mol. The minimum atomic E-state index is -0.202. The third-order valence-electron chi connectivity index (χ3n) is 2.89. The lowest BCUT2D eigenvalue weighted by molar-refractivity contribution is -0.0261. The van der Waals surface area contributed by atoms with Gasteiger partial charge in [0.1, 0.15) is 5.82 Å². The fourth-order valence-electron chi connectivity index (χ4n) is 1.97. The van der Waals surface area contributed by atoms with Gasteiger partial charge in [-0.1, -0.05) is 15.9 Å². The molecule has 1 fully saturated rings. The van der Waals surface area contributed by atoms with Crippen LogP contribution in [-0.2, 0) is 11.3 Å². The number of nitrogens with zero attached hydrogens (tertiary/aromatic N) is 1. The molecular weight excluding hydrogens is 287 g/mol. The molecule has 1 aromatic rings. The van der Waals surface area contributed by atoms with Gasteiger partial charge in [-0.25, -0.2) is 4.39 Å². The fraction of sp³-hybridized carbons (Fsp3) is 0.500. The Balaban J connectivity index is 2.02. The molecule has 0 radical (unpaired) electrons. The number of ether oxygens (including phenoxy) is 1. The Kier molecular flexibility index (Phi) is 4.50. The monoisotopic (exact) mass is 302 g/mol. The van der Waals surface area contributed by atoms with Crippen LogP contribution < -0.4 is 5.73 Å². The van der Waals surface area contributed by atoms with Gasteiger partial charge in [-0.3, -0.25) is 4.90 Å². The molecule has 94 valence electrons. The summed E-state index contributed by atoms with van der Waals surface area (Å²) in [5, 5.41) is 0. The first-order valence-electron chi connectivity index (χ1n) is 5.67. The smallest absolute Gasteiger partial charge is 0.123 e. The Morgan fingerprint density at radius 2 is 2.35 bits per heavy atom. The van der Waals surface area contributed by atoms with E-state index in [2.05, 4.69) is 20.8 Å². The van der Waals surface area contributed by atoms with Crippen molar-refractivity contribution in [1.82, 2.24) is 4.90 Å². The molecule has 17 heavy (non-hydrogen) atoms. The Bertz CT molecular complexity index is 389. The van der Waals surface area contributed by atoms with Gasteiger partial charge in [0, 0.05) is 30.7 Å². The van der Waals surface area contributed by atoms with Crippen LogP contribution in [0, 0.1) is 5.82 Å². The number of benzene rings is 1. The third kappa shape index (κ3) is 3.48. The van der Waals surface area contributed by atoms with Crippen LogP contribution in [0.4, 0.5) is 4.39 Å². The maximum Gasteiger partial charge on any atom is 0.123 e. The first-order chi connectivity index (χ1) is 8.19. The van der Waals surface area contributed by atoms with Gasteiger partial charge in [0.05, 0.1) is 12.7 Å². The van der Waals surface area contributed by atoms with Gasteiger partial charge >= 0.3 is 0 Å². The molecule has 0 aromatic heterocycles. The highest BCUT2D eigenvalue weighted by Gasteiger charge is 2.19. The Morgan fingerprint density at radius 3 is 3.12 bits per heavy atom. The van der Waals surface area contributed by atoms with E-state index in [1.165, 1.54) is 6.07 Å². The maximum atomic E-state index is 13.2. The average molecular weight is 303 g/mol. The van der Waals surface area contributed by atoms with Gasteiger partial charge in [-0.05, 0) is 23.8 Å². The average Bonchev–Trinajstić information content (AvgIpc) is 2.34. The first kappa shape index (κ1) is 13.0. The van der Waals surface area contributed by atoms with Crippen LogP contribution in [0.2, 0.25) is 0 Å². The molecular formula is C12H16BrFN2O. The van der Waals surface area contributed by atoms with Crippen molar-refractivity contribution >= 4 is 15.9 Å². The van der Waals surface area contributed by atoms with Gasteiger partial charge in [-0.15, -0.1) is 0 Å². The summed E-state index contributed by atoms with van der Waals surface area (Å²) in [6.07, 6.45) is 0.0936. The van der Waals surface area contributed by atoms with Crippen molar-refractivity contribution in [3.8, 4) is 0 Å². The molecule has 1 aliphatic rings. The molecule has 0 saturated carbocycles. The van der Waals surface area contributed by atoms with Gasteiger partial charge in [0.2, 0.25) is 0 Å². The van der Waals surface area contributed by atoms with Gasteiger partial charge in [-0.2, -0.15) is 0 Å². The molecule has 1 aromatic carbocycles. The molecule has 3 nitrogen and oxygen atoms in total. The number of halogens is 2. The zero-order valence-corrected chi connectivity index (χ0v) is 11.1. The van der Waals surface area contributed by atoms with Crippen molar-refractivity contribution in [2.24, 2.45) is 5.73 Å². The number of morpholine rings is 1. The highest BCUT2D eigenvalue weighted by atomic mass is 79.9. The minimum Gasteiger partial charge on any atom is -0.374 e. The Labute approximate surface area is 109 Å². The number of nitrogens with two attached hydrogens (primary N) is 1. The summed E-state index contributed by atoms with van der Waals surface area (Å²) in [6, 6.07) is 4.76. The predicted octanol–water partition coefficient (Wildman–Crippen LogP) is 1.75. The molecule has 0 bridgehead atoms. The highest BCUT2D eigenvalue weighted by molar-refractivity contribution is 9.10. The second-order valence-electron chi connectivity index (χ2n) is 4.20. The van der Waals surface area contributed by atoms with Crippen molar-refractivity contribution < 1.29 is 9.13 Å².